The first kappa shape index (κ1) is 9.47. The maximum atomic E-state index is 5.72. The minimum absolute atomic E-state index is 0.598. The molecule has 2 heteroatoms. The van der Waals surface area contributed by atoms with Gasteiger partial charge in [0.05, 0.1) is 0 Å². The van der Waals surface area contributed by atoms with Crippen molar-refractivity contribution in [3.05, 3.63) is 0 Å². The molecule has 2 aliphatic rings. The topological polar surface area (TPSA) is 29.3 Å². The molecule has 0 heterocycles. The van der Waals surface area contributed by atoms with Crippen molar-refractivity contribution in [2.45, 2.75) is 38.6 Å². The van der Waals surface area contributed by atoms with E-state index in [1.54, 1.807) is 0 Å². The molecule has 0 saturated heterocycles. The lowest BCUT2D eigenvalue weighted by Crippen LogP contribution is -2.40. The fourth-order valence-corrected chi connectivity index (χ4v) is 1.85. The molecule has 76 valence electrons. The van der Waals surface area contributed by atoms with Crippen LogP contribution >= 0.6 is 0 Å². The molecule has 0 aromatic heterocycles. The maximum absolute atomic E-state index is 5.72. The number of nitrogens with two attached hydrogens (primary N) is 1. The summed E-state index contributed by atoms with van der Waals surface area (Å²) in [4.78, 5) is 2.62. The average molecular weight is 182 g/mol. The highest BCUT2D eigenvalue weighted by atomic mass is 15.2. The van der Waals surface area contributed by atoms with Gasteiger partial charge in [0, 0.05) is 25.7 Å². The van der Waals surface area contributed by atoms with Gasteiger partial charge in [-0.15, -0.1) is 0 Å². The van der Waals surface area contributed by atoms with Crippen LogP contribution < -0.4 is 5.73 Å². The molecule has 0 radical (unpaired) electrons. The van der Waals surface area contributed by atoms with Crippen LogP contribution in [-0.4, -0.2) is 30.6 Å². The summed E-state index contributed by atoms with van der Waals surface area (Å²) in [7, 11) is 0. The van der Waals surface area contributed by atoms with E-state index in [0.29, 0.717) is 6.04 Å². The zero-order valence-corrected chi connectivity index (χ0v) is 8.71. The summed E-state index contributed by atoms with van der Waals surface area (Å²) in [5.41, 5.74) is 5.72. The smallest absolute Gasteiger partial charge is 0.0190 e. The number of rotatable bonds is 6. The highest BCUT2D eigenvalue weighted by Gasteiger charge is 2.30. The Hall–Kier alpha value is -0.0800. The molecule has 13 heavy (non-hydrogen) atoms. The summed E-state index contributed by atoms with van der Waals surface area (Å²) in [6.45, 7) is 5.72. The summed E-state index contributed by atoms with van der Waals surface area (Å²) in [5, 5.41) is 0. The lowest BCUT2D eigenvalue weighted by Gasteiger charge is -2.28. The van der Waals surface area contributed by atoms with Gasteiger partial charge in [0.1, 0.15) is 0 Å². The van der Waals surface area contributed by atoms with E-state index < -0.39 is 0 Å². The predicted molar refractivity (Wildman–Crippen MR) is 55.5 cm³/mol. The Kier molecular flexibility index (Phi) is 2.89. The normalized spacial score (nSPS) is 25.2. The predicted octanol–water partition coefficient (Wildman–Crippen LogP) is 1.46. The molecule has 0 aromatic rings. The van der Waals surface area contributed by atoms with Crippen LogP contribution in [0.1, 0.15) is 32.6 Å². The molecule has 2 rings (SSSR count). The summed E-state index contributed by atoms with van der Waals surface area (Å²) in [5.74, 6) is 2.01. The second-order valence-corrected chi connectivity index (χ2v) is 4.93. The molecular weight excluding hydrogens is 160 g/mol. The minimum atomic E-state index is 0.598. The molecule has 2 nitrogen and oxygen atoms in total. The highest BCUT2D eigenvalue weighted by Crippen LogP contribution is 2.34. The van der Waals surface area contributed by atoms with Crippen molar-refractivity contribution in [3.63, 3.8) is 0 Å². The molecule has 0 spiro atoms. The van der Waals surface area contributed by atoms with E-state index in [-0.39, 0.29) is 0 Å². The van der Waals surface area contributed by atoms with Gasteiger partial charge < -0.3 is 5.73 Å². The van der Waals surface area contributed by atoms with Crippen molar-refractivity contribution in [2.75, 3.05) is 19.6 Å². The van der Waals surface area contributed by atoms with E-state index in [4.69, 9.17) is 5.73 Å². The van der Waals surface area contributed by atoms with E-state index in [2.05, 4.69) is 11.8 Å². The van der Waals surface area contributed by atoms with Gasteiger partial charge in [-0.3, -0.25) is 4.90 Å². The molecule has 2 saturated carbocycles. The molecule has 2 fully saturated rings. The first-order valence-electron chi connectivity index (χ1n) is 5.73. The van der Waals surface area contributed by atoms with E-state index in [0.717, 1.165) is 18.4 Å². The fourth-order valence-electron chi connectivity index (χ4n) is 1.85. The molecule has 0 aromatic carbocycles. The standard InChI is InChI=1S/C11H22N2/c1-9(6-12)13(7-10-2-3-10)8-11-4-5-11/h9-11H,2-8,12H2,1H3. The van der Waals surface area contributed by atoms with E-state index in [1.807, 2.05) is 0 Å². The Morgan fingerprint density at radius 3 is 1.92 bits per heavy atom. The molecule has 2 N–H and O–H groups in total. The van der Waals surface area contributed by atoms with Crippen LogP contribution in [0.4, 0.5) is 0 Å². The summed E-state index contributed by atoms with van der Waals surface area (Å²) >= 11 is 0. The van der Waals surface area contributed by atoms with Crippen molar-refractivity contribution in [1.29, 1.82) is 0 Å². The average Bonchev–Trinajstić information content (AvgIpc) is 2.94. The van der Waals surface area contributed by atoms with E-state index in [1.165, 1.54) is 38.8 Å². The number of nitrogens with zero attached hydrogens (tertiary/aromatic N) is 1. The SMILES string of the molecule is CC(CN)N(CC1CC1)CC1CC1. The van der Waals surface area contributed by atoms with Gasteiger partial charge in [-0.25, -0.2) is 0 Å². The maximum Gasteiger partial charge on any atom is 0.0190 e. The Labute approximate surface area is 81.5 Å². The van der Waals surface area contributed by atoms with Gasteiger partial charge in [-0.05, 0) is 44.4 Å². The summed E-state index contributed by atoms with van der Waals surface area (Å²) < 4.78 is 0. The molecule has 0 aliphatic heterocycles. The highest BCUT2D eigenvalue weighted by molar-refractivity contribution is 4.84. The monoisotopic (exact) mass is 182 g/mol. The first-order valence-corrected chi connectivity index (χ1v) is 5.73. The van der Waals surface area contributed by atoms with Crippen LogP contribution in [0.2, 0.25) is 0 Å². The largest absolute Gasteiger partial charge is 0.329 e. The zero-order valence-electron chi connectivity index (χ0n) is 8.71. The van der Waals surface area contributed by atoms with E-state index >= 15 is 0 Å². The van der Waals surface area contributed by atoms with Crippen LogP contribution in [0.3, 0.4) is 0 Å². The second kappa shape index (κ2) is 3.97. The molecule has 1 atom stereocenters. The lowest BCUT2D eigenvalue weighted by molar-refractivity contribution is 0.196. The van der Waals surface area contributed by atoms with Crippen molar-refractivity contribution in [1.82, 2.24) is 4.90 Å². The minimum Gasteiger partial charge on any atom is -0.329 e. The molecule has 1 unspecified atom stereocenters. The number of hydrogen-bond acceptors (Lipinski definition) is 2. The van der Waals surface area contributed by atoms with Gasteiger partial charge in [-0.2, -0.15) is 0 Å². The van der Waals surface area contributed by atoms with Gasteiger partial charge in [0.2, 0.25) is 0 Å². The third-order valence-corrected chi connectivity index (χ3v) is 3.34. The summed E-state index contributed by atoms with van der Waals surface area (Å²) in [6.07, 6.45) is 5.83. The van der Waals surface area contributed by atoms with Gasteiger partial charge in [-0.1, -0.05) is 0 Å². The van der Waals surface area contributed by atoms with Crippen LogP contribution in [0.15, 0.2) is 0 Å². The molecule has 2 aliphatic carbocycles. The van der Waals surface area contributed by atoms with Crippen LogP contribution in [0.5, 0.6) is 0 Å². The van der Waals surface area contributed by atoms with Crippen molar-refractivity contribution >= 4 is 0 Å². The Balaban J connectivity index is 1.76. The molecule has 0 amide bonds. The van der Waals surface area contributed by atoms with Gasteiger partial charge >= 0.3 is 0 Å². The van der Waals surface area contributed by atoms with Gasteiger partial charge in [0.25, 0.3) is 0 Å². The Morgan fingerprint density at radius 1 is 1.15 bits per heavy atom. The number of hydrogen-bond donors (Lipinski definition) is 1. The third kappa shape index (κ3) is 2.96. The molecule has 0 bridgehead atoms. The van der Waals surface area contributed by atoms with Crippen molar-refractivity contribution in [2.24, 2.45) is 17.6 Å². The Bertz CT molecular complexity index is 147. The van der Waals surface area contributed by atoms with Crippen LogP contribution in [-0.2, 0) is 0 Å². The van der Waals surface area contributed by atoms with E-state index in [9.17, 15) is 0 Å². The van der Waals surface area contributed by atoms with Gasteiger partial charge in [0.15, 0.2) is 0 Å². The van der Waals surface area contributed by atoms with Crippen molar-refractivity contribution < 1.29 is 0 Å². The fraction of sp³-hybridized carbons (Fsp3) is 1.00. The Morgan fingerprint density at radius 2 is 1.62 bits per heavy atom. The quantitative estimate of drug-likeness (QED) is 0.674. The summed E-state index contributed by atoms with van der Waals surface area (Å²) in [6, 6.07) is 0.598. The van der Waals surface area contributed by atoms with Crippen LogP contribution in [0, 0.1) is 11.8 Å². The molecular formula is C11H22N2. The second-order valence-electron chi connectivity index (χ2n) is 4.93. The zero-order chi connectivity index (χ0) is 9.26. The third-order valence-electron chi connectivity index (χ3n) is 3.34. The first-order chi connectivity index (χ1) is 6.29. The van der Waals surface area contributed by atoms with Crippen molar-refractivity contribution in [3.8, 4) is 0 Å². The van der Waals surface area contributed by atoms with Crippen LogP contribution in [0.25, 0.3) is 0 Å². The lowest BCUT2D eigenvalue weighted by atomic mass is 10.2.